The Morgan fingerprint density at radius 2 is 1.73 bits per heavy atom. The molecule has 0 bridgehead atoms. The SMILES string of the molecule is CCC1O[C@@H](O[Si](C)(C)C(C)(C)C)[C@@H](N=[N+]=[N-])C(C)[C@@H]1O[C@@H]1OC(C(C)=O)[C@@H](C)C(C)[C@@H]1O. The molecule has 0 aromatic carbocycles. The lowest BCUT2D eigenvalue weighted by Gasteiger charge is -2.50. The molecule has 33 heavy (non-hydrogen) atoms. The molecule has 0 aromatic heterocycles. The van der Waals surface area contributed by atoms with Crippen molar-refractivity contribution in [2.45, 2.75) is 123 Å². The molecule has 0 spiro atoms. The van der Waals surface area contributed by atoms with Gasteiger partial charge in [0.15, 0.2) is 26.7 Å². The molecule has 1 N–H and O–H groups in total. The number of carbonyl (C=O) groups is 1. The summed E-state index contributed by atoms with van der Waals surface area (Å²) >= 11 is 0. The summed E-state index contributed by atoms with van der Waals surface area (Å²) in [5.41, 5.74) is 9.26. The summed E-state index contributed by atoms with van der Waals surface area (Å²) in [4.78, 5) is 15.2. The molecule has 2 heterocycles. The van der Waals surface area contributed by atoms with Gasteiger partial charge in [-0.2, -0.15) is 0 Å². The van der Waals surface area contributed by atoms with Crippen LogP contribution in [-0.4, -0.2) is 62.2 Å². The number of Topliss-reactive ketones (excluding diaryl/α,β-unsaturated/α-hetero) is 1. The predicted molar refractivity (Wildman–Crippen MR) is 128 cm³/mol. The van der Waals surface area contributed by atoms with Crippen molar-refractivity contribution < 1.29 is 28.5 Å². The first-order chi connectivity index (χ1) is 15.2. The van der Waals surface area contributed by atoms with Crippen LogP contribution in [0.3, 0.4) is 0 Å². The van der Waals surface area contributed by atoms with E-state index in [1.165, 1.54) is 6.92 Å². The first-order valence-corrected chi connectivity index (χ1v) is 14.9. The van der Waals surface area contributed by atoms with Gasteiger partial charge >= 0.3 is 0 Å². The number of nitrogens with zero attached hydrogens (tertiary/aromatic N) is 3. The Kier molecular flexibility index (Phi) is 9.18. The number of hydrogen-bond acceptors (Lipinski definition) is 7. The molecule has 9 nitrogen and oxygen atoms in total. The van der Waals surface area contributed by atoms with Crippen LogP contribution in [0.5, 0.6) is 0 Å². The molecule has 0 amide bonds. The fraction of sp³-hybridized carbons (Fsp3) is 0.957. The Hall–Kier alpha value is -1.00. The quantitative estimate of drug-likeness (QED) is 0.239. The molecule has 10 heteroatoms. The van der Waals surface area contributed by atoms with Gasteiger partial charge < -0.3 is 23.7 Å². The highest BCUT2D eigenvalue weighted by Crippen LogP contribution is 2.42. The molecule has 2 rings (SSSR count). The minimum atomic E-state index is -2.20. The van der Waals surface area contributed by atoms with Crippen LogP contribution in [0.1, 0.15) is 61.8 Å². The lowest BCUT2D eigenvalue weighted by atomic mass is 9.82. The second-order valence-electron chi connectivity index (χ2n) is 11.2. The molecular weight excluding hydrogens is 442 g/mol. The number of ketones is 1. The first kappa shape index (κ1) is 28.2. The maximum Gasteiger partial charge on any atom is 0.195 e. The average molecular weight is 486 g/mol. The average Bonchev–Trinajstić information content (AvgIpc) is 2.71. The Labute approximate surface area is 199 Å². The molecular formula is C23H43N3O6Si. The largest absolute Gasteiger partial charge is 0.392 e. The molecule has 0 radical (unpaired) electrons. The van der Waals surface area contributed by atoms with Crippen LogP contribution in [0.15, 0.2) is 5.11 Å². The maximum absolute atomic E-state index is 12.1. The van der Waals surface area contributed by atoms with E-state index < -0.39 is 45.3 Å². The monoisotopic (exact) mass is 485 g/mol. The second-order valence-corrected chi connectivity index (χ2v) is 16.0. The Morgan fingerprint density at radius 3 is 2.21 bits per heavy atom. The molecule has 2 aliphatic heterocycles. The summed E-state index contributed by atoms with van der Waals surface area (Å²) in [6, 6.07) is -0.599. The number of ether oxygens (including phenoxy) is 3. The third-order valence-corrected chi connectivity index (χ3v) is 12.3. The van der Waals surface area contributed by atoms with Crippen molar-refractivity contribution in [3.05, 3.63) is 10.4 Å². The summed E-state index contributed by atoms with van der Waals surface area (Å²) in [5.74, 6) is -0.655. The van der Waals surface area contributed by atoms with E-state index in [0.717, 1.165) is 0 Å². The van der Waals surface area contributed by atoms with Crippen molar-refractivity contribution in [2.75, 3.05) is 0 Å². The van der Waals surface area contributed by atoms with E-state index in [2.05, 4.69) is 43.9 Å². The zero-order valence-electron chi connectivity index (χ0n) is 21.8. The number of aliphatic hydroxyl groups is 1. The molecule has 0 aliphatic carbocycles. The van der Waals surface area contributed by atoms with Crippen molar-refractivity contribution in [3.63, 3.8) is 0 Å². The van der Waals surface area contributed by atoms with Gasteiger partial charge in [0, 0.05) is 4.91 Å². The van der Waals surface area contributed by atoms with Gasteiger partial charge in [-0.15, -0.1) is 0 Å². The van der Waals surface area contributed by atoms with Gasteiger partial charge in [0.2, 0.25) is 0 Å². The first-order valence-electron chi connectivity index (χ1n) is 12.0. The van der Waals surface area contributed by atoms with Gasteiger partial charge in [-0.3, -0.25) is 4.79 Å². The summed E-state index contributed by atoms with van der Waals surface area (Å²) in [6.45, 7) is 19.9. The normalized spacial score (nSPS) is 40.2. The molecule has 2 fully saturated rings. The Balaban J connectivity index is 2.30. The number of carbonyl (C=O) groups excluding carboxylic acids is 1. The van der Waals surface area contributed by atoms with Crippen molar-refractivity contribution in [1.82, 2.24) is 0 Å². The number of rotatable bonds is 7. The van der Waals surface area contributed by atoms with Crippen LogP contribution in [0, 0.1) is 17.8 Å². The van der Waals surface area contributed by atoms with Crippen LogP contribution >= 0.6 is 0 Å². The zero-order chi connectivity index (χ0) is 25.3. The van der Waals surface area contributed by atoms with Crippen molar-refractivity contribution in [2.24, 2.45) is 22.9 Å². The van der Waals surface area contributed by atoms with E-state index in [0.29, 0.717) is 6.42 Å². The lowest BCUT2D eigenvalue weighted by molar-refractivity contribution is -0.315. The molecule has 2 aliphatic rings. The highest BCUT2D eigenvalue weighted by Gasteiger charge is 2.51. The number of aliphatic hydroxyl groups excluding tert-OH is 1. The zero-order valence-corrected chi connectivity index (χ0v) is 22.8. The van der Waals surface area contributed by atoms with E-state index >= 15 is 0 Å². The van der Waals surface area contributed by atoms with E-state index in [1.54, 1.807) is 0 Å². The summed E-state index contributed by atoms with van der Waals surface area (Å²) in [7, 11) is -2.20. The van der Waals surface area contributed by atoms with Crippen molar-refractivity contribution >= 4 is 14.1 Å². The Morgan fingerprint density at radius 1 is 1.12 bits per heavy atom. The smallest absolute Gasteiger partial charge is 0.195 e. The number of azide groups is 1. The summed E-state index contributed by atoms with van der Waals surface area (Å²) in [5, 5.41) is 14.8. The second kappa shape index (κ2) is 10.7. The topological polar surface area (TPSA) is 123 Å². The Bertz CT molecular complexity index is 738. The highest BCUT2D eigenvalue weighted by molar-refractivity contribution is 6.74. The van der Waals surface area contributed by atoms with Gasteiger partial charge in [0.1, 0.15) is 12.2 Å². The standard InChI is InChI=1S/C23H43N3O6Si/c1-11-16-20(31-22-18(28)12(2)13(3)19(30-22)15(5)27)14(4)17(25-26-24)21(29-16)32-33(9,10)23(6,7)8/h12-14,16-22,28H,11H2,1-10H3/t12?,13-,14?,16?,17-,18-,19?,20-,21-,22-/m0/s1. The van der Waals surface area contributed by atoms with Gasteiger partial charge in [-0.05, 0) is 54.8 Å². The number of hydrogen-bond donors (Lipinski definition) is 1. The van der Waals surface area contributed by atoms with Crippen molar-refractivity contribution in [1.29, 1.82) is 0 Å². The van der Waals surface area contributed by atoms with Gasteiger partial charge in [0.25, 0.3) is 0 Å². The molecule has 190 valence electrons. The van der Waals surface area contributed by atoms with Gasteiger partial charge in [-0.25, -0.2) is 0 Å². The summed E-state index contributed by atoms with van der Waals surface area (Å²) in [6.07, 6.45) is -3.39. The van der Waals surface area contributed by atoms with Crippen LogP contribution in [0.4, 0.5) is 0 Å². The van der Waals surface area contributed by atoms with Gasteiger partial charge in [-0.1, -0.05) is 53.6 Å². The minimum absolute atomic E-state index is 0.0376. The van der Waals surface area contributed by atoms with Crippen LogP contribution in [-0.2, 0) is 23.4 Å². The van der Waals surface area contributed by atoms with Crippen LogP contribution in [0.25, 0.3) is 10.4 Å². The minimum Gasteiger partial charge on any atom is -0.392 e. The lowest BCUT2D eigenvalue weighted by Crippen LogP contribution is -2.60. The molecule has 2 saturated heterocycles. The third kappa shape index (κ3) is 5.98. The van der Waals surface area contributed by atoms with Crippen LogP contribution < -0.4 is 0 Å². The van der Waals surface area contributed by atoms with E-state index in [-0.39, 0.29) is 34.7 Å². The fourth-order valence-corrected chi connectivity index (χ4v) is 5.48. The maximum atomic E-state index is 12.1. The highest BCUT2D eigenvalue weighted by atomic mass is 28.4. The molecule has 0 saturated carbocycles. The molecule has 4 unspecified atom stereocenters. The molecule has 10 atom stereocenters. The fourth-order valence-electron chi connectivity index (χ4n) is 4.35. The van der Waals surface area contributed by atoms with E-state index in [4.69, 9.17) is 18.6 Å². The van der Waals surface area contributed by atoms with E-state index in [1.807, 2.05) is 27.7 Å². The summed E-state index contributed by atoms with van der Waals surface area (Å²) < 4.78 is 25.1. The third-order valence-electron chi connectivity index (χ3n) is 7.91. The molecule has 0 aromatic rings. The van der Waals surface area contributed by atoms with Gasteiger partial charge in [0.05, 0.1) is 18.2 Å². The van der Waals surface area contributed by atoms with Crippen LogP contribution in [0.2, 0.25) is 18.1 Å². The van der Waals surface area contributed by atoms with E-state index in [9.17, 15) is 15.4 Å². The van der Waals surface area contributed by atoms with Crippen molar-refractivity contribution in [3.8, 4) is 0 Å². The predicted octanol–water partition coefficient (Wildman–Crippen LogP) is 4.79.